The average Bonchev–Trinajstić information content (AvgIpc) is 3.39. The van der Waals surface area contributed by atoms with E-state index in [1.165, 1.54) is 0 Å². The Labute approximate surface area is 153 Å². The van der Waals surface area contributed by atoms with Crippen molar-refractivity contribution in [3.63, 3.8) is 0 Å². The van der Waals surface area contributed by atoms with Crippen LogP contribution in [0, 0.1) is 6.92 Å². The van der Waals surface area contributed by atoms with Crippen molar-refractivity contribution < 1.29 is 9.26 Å². The van der Waals surface area contributed by atoms with Gasteiger partial charge in [0.1, 0.15) is 12.4 Å². The summed E-state index contributed by atoms with van der Waals surface area (Å²) in [5, 5.41) is 23.3. The number of nitrogens with zero attached hydrogens (tertiary/aromatic N) is 7. The monoisotopic (exact) mass is 361 g/mol. The summed E-state index contributed by atoms with van der Waals surface area (Å²) in [6.07, 6.45) is 1.87. The number of aryl methyl sites for hydroxylation is 2. The van der Waals surface area contributed by atoms with Crippen LogP contribution in [-0.2, 0) is 13.7 Å². The third-order valence-electron chi connectivity index (χ3n) is 4.21. The van der Waals surface area contributed by atoms with Gasteiger partial charge in [0.05, 0.1) is 5.69 Å². The first-order valence-corrected chi connectivity index (χ1v) is 8.38. The van der Waals surface area contributed by atoms with Gasteiger partial charge in [0.2, 0.25) is 11.7 Å². The number of hydrogen-bond acceptors (Lipinski definition) is 7. The maximum Gasteiger partial charge on any atom is 0.240 e. The molecule has 0 N–H and O–H groups in total. The smallest absolute Gasteiger partial charge is 0.240 e. The summed E-state index contributed by atoms with van der Waals surface area (Å²) >= 11 is 0. The molecule has 0 atom stereocenters. The zero-order valence-electron chi connectivity index (χ0n) is 14.7. The third kappa shape index (κ3) is 2.60. The first-order chi connectivity index (χ1) is 13.2. The van der Waals surface area contributed by atoms with Crippen LogP contribution in [0.15, 0.2) is 47.1 Å². The van der Waals surface area contributed by atoms with Gasteiger partial charge >= 0.3 is 0 Å². The second-order valence-electron chi connectivity index (χ2n) is 6.20. The van der Waals surface area contributed by atoms with E-state index < -0.39 is 0 Å². The fourth-order valence-corrected chi connectivity index (χ4v) is 2.97. The molecule has 0 saturated carbocycles. The van der Waals surface area contributed by atoms with Crippen LogP contribution in [0.1, 0.15) is 11.5 Å². The molecule has 1 aromatic carbocycles. The Balaban J connectivity index is 1.66. The lowest BCUT2D eigenvalue weighted by molar-refractivity contribution is 0.288. The van der Waals surface area contributed by atoms with Gasteiger partial charge in [0, 0.05) is 30.1 Å². The summed E-state index contributed by atoms with van der Waals surface area (Å²) in [5.41, 5.74) is 2.02. The predicted molar refractivity (Wildman–Crippen MR) is 96.1 cm³/mol. The van der Waals surface area contributed by atoms with Crippen LogP contribution in [0.3, 0.4) is 0 Å². The van der Waals surface area contributed by atoms with Gasteiger partial charge in [-0.1, -0.05) is 23.4 Å². The molecule has 134 valence electrons. The van der Waals surface area contributed by atoms with E-state index in [1.807, 2.05) is 50.5 Å². The Bertz CT molecular complexity index is 1270. The molecule has 0 saturated heterocycles. The van der Waals surface area contributed by atoms with Crippen molar-refractivity contribution in [3.05, 3.63) is 54.0 Å². The fraction of sp³-hybridized carbons (Fsp3) is 0.167. The highest BCUT2D eigenvalue weighted by atomic mass is 16.5. The van der Waals surface area contributed by atoms with Crippen LogP contribution < -0.4 is 4.74 Å². The van der Waals surface area contributed by atoms with Gasteiger partial charge in [-0.05, 0) is 19.1 Å². The molecule has 0 bridgehead atoms. The molecule has 27 heavy (non-hydrogen) atoms. The molecule has 0 spiro atoms. The second kappa shape index (κ2) is 5.90. The number of ether oxygens (including phenoxy) is 1. The molecule has 9 heteroatoms. The summed E-state index contributed by atoms with van der Waals surface area (Å²) < 4.78 is 14.5. The molecule has 0 amide bonds. The molecule has 4 aromatic heterocycles. The Morgan fingerprint density at radius 2 is 1.93 bits per heavy atom. The molecule has 4 heterocycles. The van der Waals surface area contributed by atoms with Crippen LogP contribution in [0.5, 0.6) is 5.88 Å². The van der Waals surface area contributed by atoms with Crippen LogP contribution >= 0.6 is 0 Å². The van der Waals surface area contributed by atoms with Crippen molar-refractivity contribution in [2.24, 2.45) is 7.05 Å². The average molecular weight is 361 g/mol. The van der Waals surface area contributed by atoms with E-state index in [0.717, 1.165) is 16.5 Å². The highest BCUT2D eigenvalue weighted by molar-refractivity contribution is 5.96. The van der Waals surface area contributed by atoms with E-state index in [2.05, 4.69) is 25.6 Å². The number of rotatable bonds is 4. The van der Waals surface area contributed by atoms with Crippen molar-refractivity contribution in [2.75, 3.05) is 0 Å². The Morgan fingerprint density at radius 1 is 1.07 bits per heavy atom. The molecule has 0 radical (unpaired) electrons. The van der Waals surface area contributed by atoms with Gasteiger partial charge in [0.15, 0.2) is 11.3 Å². The fourth-order valence-electron chi connectivity index (χ4n) is 2.97. The topological polar surface area (TPSA) is 96.2 Å². The van der Waals surface area contributed by atoms with Gasteiger partial charge in [-0.25, -0.2) is 0 Å². The minimum absolute atomic E-state index is 0.309. The van der Waals surface area contributed by atoms with Crippen molar-refractivity contribution in [2.45, 2.75) is 13.5 Å². The first-order valence-electron chi connectivity index (χ1n) is 8.38. The van der Waals surface area contributed by atoms with E-state index in [9.17, 15) is 0 Å². The maximum atomic E-state index is 5.99. The summed E-state index contributed by atoms with van der Waals surface area (Å²) in [6.45, 7) is 2.13. The van der Waals surface area contributed by atoms with Crippen LogP contribution in [0.25, 0.3) is 27.9 Å². The predicted octanol–water partition coefficient (Wildman–Crippen LogP) is 2.55. The Hall–Kier alpha value is -3.75. The Kier molecular flexibility index (Phi) is 3.39. The summed E-state index contributed by atoms with van der Waals surface area (Å²) in [4.78, 5) is 0. The second-order valence-corrected chi connectivity index (χ2v) is 6.20. The zero-order chi connectivity index (χ0) is 18.4. The van der Waals surface area contributed by atoms with Crippen LogP contribution in [0.2, 0.25) is 0 Å². The lowest BCUT2D eigenvalue weighted by atomic mass is 10.2. The molecule has 0 fully saturated rings. The summed E-state index contributed by atoms with van der Waals surface area (Å²) in [5.74, 6) is 1.66. The molecule has 5 rings (SSSR count). The van der Waals surface area contributed by atoms with Crippen molar-refractivity contribution in [1.82, 2.24) is 34.7 Å². The Morgan fingerprint density at radius 3 is 2.67 bits per heavy atom. The van der Waals surface area contributed by atoms with Crippen molar-refractivity contribution in [1.29, 1.82) is 0 Å². The van der Waals surface area contributed by atoms with E-state index >= 15 is 0 Å². The minimum atomic E-state index is 0.309. The molecular weight excluding hydrogens is 346 g/mol. The number of aromatic nitrogens is 7. The first kappa shape index (κ1) is 15.5. The molecule has 5 aromatic rings. The van der Waals surface area contributed by atoms with Crippen molar-refractivity contribution >= 4 is 16.4 Å². The quantitative estimate of drug-likeness (QED) is 0.485. The van der Waals surface area contributed by atoms with Gasteiger partial charge in [0.25, 0.3) is 0 Å². The van der Waals surface area contributed by atoms with Gasteiger partial charge < -0.3 is 9.26 Å². The highest BCUT2D eigenvalue weighted by Gasteiger charge is 2.18. The van der Waals surface area contributed by atoms with E-state index in [4.69, 9.17) is 9.26 Å². The normalized spacial score (nSPS) is 11.5. The SMILES string of the molecule is Cc1cc(-c2nnc3c4ccccc4c(OCc4ccn(C)n4)nn23)no1. The summed E-state index contributed by atoms with van der Waals surface area (Å²) in [7, 11) is 1.87. The largest absolute Gasteiger partial charge is 0.470 e. The van der Waals surface area contributed by atoms with Gasteiger partial charge in [-0.2, -0.15) is 9.61 Å². The molecule has 0 unspecified atom stereocenters. The molecule has 0 aliphatic heterocycles. The molecule has 0 aliphatic rings. The van der Waals surface area contributed by atoms with Gasteiger partial charge in [-0.15, -0.1) is 15.3 Å². The number of benzene rings is 1. The third-order valence-corrected chi connectivity index (χ3v) is 4.21. The zero-order valence-corrected chi connectivity index (χ0v) is 14.7. The lowest BCUT2D eigenvalue weighted by Gasteiger charge is -2.08. The number of fused-ring (bicyclic) bond motifs is 3. The minimum Gasteiger partial charge on any atom is -0.470 e. The summed E-state index contributed by atoms with van der Waals surface area (Å²) in [6, 6.07) is 11.5. The lowest BCUT2D eigenvalue weighted by Crippen LogP contribution is -2.04. The maximum absolute atomic E-state index is 5.99. The van der Waals surface area contributed by atoms with Crippen molar-refractivity contribution in [3.8, 4) is 17.4 Å². The van der Waals surface area contributed by atoms with E-state index in [1.54, 1.807) is 15.3 Å². The molecular formula is C18H15N7O2. The van der Waals surface area contributed by atoms with Gasteiger partial charge in [-0.3, -0.25) is 4.68 Å². The standard InChI is InChI=1S/C18H15N7O2/c1-11-9-15(23-27-11)17-20-19-16-13-5-3-4-6-14(13)18(22-25(16)17)26-10-12-7-8-24(2)21-12/h3-9H,10H2,1-2H3. The van der Waals surface area contributed by atoms with Crippen LogP contribution in [-0.4, -0.2) is 34.7 Å². The van der Waals surface area contributed by atoms with Crippen LogP contribution in [0.4, 0.5) is 0 Å². The highest BCUT2D eigenvalue weighted by Crippen LogP contribution is 2.29. The van der Waals surface area contributed by atoms with E-state index in [0.29, 0.717) is 35.4 Å². The molecule has 9 nitrogen and oxygen atoms in total. The number of hydrogen-bond donors (Lipinski definition) is 0. The van der Waals surface area contributed by atoms with E-state index in [-0.39, 0.29) is 0 Å². The molecule has 0 aliphatic carbocycles.